The second-order valence-electron chi connectivity index (χ2n) is 6.09. The molecule has 0 fully saturated rings. The van der Waals surface area contributed by atoms with Crippen LogP contribution in [0.2, 0.25) is 5.02 Å². The van der Waals surface area contributed by atoms with Crippen molar-refractivity contribution in [2.24, 2.45) is 0 Å². The van der Waals surface area contributed by atoms with Crippen molar-refractivity contribution in [3.05, 3.63) is 58.9 Å². The molecule has 0 aliphatic carbocycles. The number of benzene rings is 1. The first kappa shape index (κ1) is 20.5. The van der Waals surface area contributed by atoms with Crippen LogP contribution in [-0.4, -0.2) is 29.7 Å². The van der Waals surface area contributed by atoms with Crippen molar-refractivity contribution < 1.29 is 23.8 Å². The van der Waals surface area contributed by atoms with Gasteiger partial charge in [-0.3, -0.25) is 4.98 Å². The molecule has 27 heavy (non-hydrogen) atoms. The highest BCUT2D eigenvalue weighted by Crippen LogP contribution is 2.22. The minimum absolute atomic E-state index is 0.0205. The van der Waals surface area contributed by atoms with E-state index < -0.39 is 17.7 Å². The lowest BCUT2D eigenvalue weighted by atomic mass is 10.1. The first-order chi connectivity index (χ1) is 12.8. The van der Waals surface area contributed by atoms with Gasteiger partial charge in [0.1, 0.15) is 19.0 Å². The van der Waals surface area contributed by atoms with Crippen LogP contribution < -0.4 is 10.1 Å². The standard InChI is InChI=1S/C19H21ClN2O5/c1-19(2,27-16-9-7-13(20)8-10-16)17(23)25-11-14-5-4-6-15(22-14)12-26-18(24)21-3/h4-10H,11-12H2,1-3H3,(H,21,24). The van der Waals surface area contributed by atoms with E-state index in [0.717, 1.165) is 0 Å². The predicted octanol–water partition coefficient (Wildman–Crippen LogP) is 3.49. The average molecular weight is 393 g/mol. The van der Waals surface area contributed by atoms with E-state index in [0.29, 0.717) is 22.2 Å². The highest BCUT2D eigenvalue weighted by Gasteiger charge is 2.32. The minimum Gasteiger partial charge on any atom is -0.476 e. The number of alkyl carbamates (subject to hydrolysis) is 1. The summed E-state index contributed by atoms with van der Waals surface area (Å²) in [7, 11) is 1.47. The zero-order valence-corrected chi connectivity index (χ0v) is 16.1. The van der Waals surface area contributed by atoms with Crippen molar-refractivity contribution in [2.45, 2.75) is 32.7 Å². The summed E-state index contributed by atoms with van der Waals surface area (Å²) in [6, 6.07) is 11.9. The molecule has 1 heterocycles. The molecule has 0 aliphatic rings. The Morgan fingerprint density at radius 1 is 1.04 bits per heavy atom. The number of pyridine rings is 1. The number of carbonyl (C=O) groups is 2. The quantitative estimate of drug-likeness (QED) is 0.726. The molecule has 0 saturated heterocycles. The summed E-state index contributed by atoms with van der Waals surface area (Å²) in [5.41, 5.74) is -0.110. The van der Waals surface area contributed by atoms with Crippen LogP contribution in [-0.2, 0) is 27.5 Å². The Hall–Kier alpha value is -2.80. The second kappa shape index (κ2) is 9.23. The first-order valence-electron chi connectivity index (χ1n) is 8.21. The fourth-order valence-electron chi connectivity index (χ4n) is 2.05. The topological polar surface area (TPSA) is 86.8 Å². The number of aromatic nitrogens is 1. The summed E-state index contributed by atoms with van der Waals surface area (Å²) >= 11 is 5.84. The number of carbonyl (C=O) groups excluding carboxylic acids is 2. The van der Waals surface area contributed by atoms with Gasteiger partial charge in [0.15, 0.2) is 5.60 Å². The fourth-order valence-corrected chi connectivity index (χ4v) is 2.18. The van der Waals surface area contributed by atoms with E-state index >= 15 is 0 Å². The van der Waals surface area contributed by atoms with E-state index in [2.05, 4.69) is 10.3 Å². The van der Waals surface area contributed by atoms with Gasteiger partial charge in [-0.15, -0.1) is 0 Å². The Morgan fingerprint density at radius 3 is 2.22 bits per heavy atom. The van der Waals surface area contributed by atoms with Crippen molar-refractivity contribution in [1.29, 1.82) is 0 Å². The molecule has 0 atom stereocenters. The summed E-state index contributed by atoms with van der Waals surface area (Å²) in [6.07, 6.45) is -0.547. The Balaban J connectivity index is 1.91. The smallest absolute Gasteiger partial charge is 0.407 e. The van der Waals surface area contributed by atoms with E-state index in [1.165, 1.54) is 7.05 Å². The fraction of sp³-hybridized carbons (Fsp3) is 0.316. The Kier molecular flexibility index (Phi) is 7.01. The number of rotatable bonds is 7. The van der Waals surface area contributed by atoms with Crippen molar-refractivity contribution in [3.8, 4) is 5.75 Å². The van der Waals surface area contributed by atoms with Gasteiger partial charge in [-0.25, -0.2) is 9.59 Å². The lowest BCUT2D eigenvalue weighted by Gasteiger charge is -2.24. The molecule has 0 saturated carbocycles. The molecule has 2 rings (SSSR count). The normalized spacial score (nSPS) is 10.8. The van der Waals surface area contributed by atoms with Crippen molar-refractivity contribution in [1.82, 2.24) is 10.3 Å². The Labute approximate surface area is 162 Å². The minimum atomic E-state index is -1.19. The van der Waals surface area contributed by atoms with E-state index in [-0.39, 0.29) is 13.2 Å². The van der Waals surface area contributed by atoms with Crippen molar-refractivity contribution >= 4 is 23.7 Å². The van der Waals surface area contributed by atoms with E-state index in [9.17, 15) is 9.59 Å². The third-order valence-corrected chi connectivity index (χ3v) is 3.70. The largest absolute Gasteiger partial charge is 0.476 e. The zero-order chi connectivity index (χ0) is 19.9. The number of hydrogen-bond donors (Lipinski definition) is 1. The highest BCUT2D eigenvalue weighted by molar-refractivity contribution is 6.30. The monoisotopic (exact) mass is 392 g/mol. The zero-order valence-electron chi connectivity index (χ0n) is 15.3. The lowest BCUT2D eigenvalue weighted by molar-refractivity contribution is -0.160. The summed E-state index contributed by atoms with van der Waals surface area (Å²) in [6.45, 7) is 3.22. The van der Waals surface area contributed by atoms with Crippen LogP contribution in [0.25, 0.3) is 0 Å². The van der Waals surface area contributed by atoms with Gasteiger partial charge >= 0.3 is 12.1 Å². The lowest BCUT2D eigenvalue weighted by Crippen LogP contribution is -2.39. The van der Waals surface area contributed by atoms with E-state index in [1.54, 1.807) is 56.3 Å². The molecule has 2 aromatic rings. The van der Waals surface area contributed by atoms with Crippen molar-refractivity contribution in [2.75, 3.05) is 7.05 Å². The van der Waals surface area contributed by atoms with E-state index in [4.69, 9.17) is 25.8 Å². The van der Waals surface area contributed by atoms with Gasteiger partial charge in [0.25, 0.3) is 0 Å². The van der Waals surface area contributed by atoms with Crippen LogP contribution >= 0.6 is 11.6 Å². The molecule has 1 N–H and O–H groups in total. The molecule has 7 nitrogen and oxygen atoms in total. The van der Waals surface area contributed by atoms with Gasteiger partial charge in [-0.1, -0.05) is 17.7 Å². The van der Waals surface area contributed by atoms with Crippen molar-refractivity contribution in [3.63, 3.8) is 0 Å². The maximum absolute atomic E-state index is 12.4. The van der Waals surface area contributed by atoms with Gasteiger partial charge in [0.2, 0.25) is 0 Å². The van der Waals surface area contributed by atoms with Crippen LogP contribution in [0.4, 0.5) is 4.79 Å². The van der Waals surface area contributed by atoms with Gasteiger partial charge in [-0.05, 0) is 50.2 Å². The van der Waals surface area contributed by atoms with Gasteiger partial charge in [0, 0.05) is 12.1 Å². The van der Waals surface area contributed by atoms with Gasteiger partial charge < -0.3 is 19.5 Å². The average Bonchev–Trinajstić information content (AvgIpc) is 2.66. The molecule has 8 heteroatoms. The summed E-state index contributed by atoms with van der Waals surface area (Å²) in [4.78, 5) is 27.8. The molecule has 0 unspecified atom stereocenters. The molecule has 1 aromatic carbocycles. The third-order valence-electron chi connectivity index (χ3n) is 3.45. The SMILES string of the molecule is CNC(=O)OCc1cccc(COC(=O)C(C)(C)Oc2ccc(Cl)cc2)n1. The predicted molar refractivity (Wildman–Crippen MR) is 99.4 cm³/mol. The molecule has 0 bridgehead atoms. The number of halogens is 1. The number of hydrogen-bond acceptors (Lipinski definition) is 6. The van der Waals surface area contributed by atoms with Crippen LogP contribution in [0, 0.1) is 0 Å². The van der Waals surface area contributed by atoms with Gasteiger partial charge in [0.05, 0.1) is 11.4 Å². The molecule has 0 spiro atoms. The molecular weight excluding hydrogens is 372 g/mol. The Morgan fingerprint density at radius 2 is 1.63 bits per heavy atom. The number of nitrogens with one attached hydrogen (secondary N) is 1. The van der Waals surface area contributed by atoms with E-state index in [1.807, 2.05) is 0 Å². The first-order valence-corrected chi connectivity index (χ1v) is 8.59. The van der Waals surface area contributed by atoms with Crippen LogP contribution in [0.15, 0.2) is 42.5 Å². The molecule has 1 amide bonds. The van der Waals surface area contributed by atoms with Crippen LogP contribution in [0.5, 0.6) is 5.75 Å². The third kappa shape index (κ3) is 6.45. The number of nitrogens with zero attached hydrogens (tertiary/aromatic N) is 1. The molecule has 144 valence electrons. The highest BCUT2D eigenvalue weighted by atomic mass is 35.5. The van der Waals surface area contributed by atoms with Crippen LogP contribution in [0.1, 0.15) is 25.2 Å². The van der Waals surface area contributed by atoms with Crippen LogP contribution in [0.3, 0.4) is 0 Å². The molecule has 0 aliphatic heterocycles. The second-order valence-corrected chi connectivity index (χ2v) is 6.53. The molecule has 0 radical (unpaired) electrons. The van der Waals surface area contributed by atoms with Gasteiger partial charge in [-0.2, -0.15) is 0 Å². The number of esters is 1. The number of amides is 1. The maximum Gasteiger partial charge on any atom is 0.407 e. The summed E-state index contributed by atoms with van der Waals surface area (Å²) in [5.74, 6) is -0.0286. The summed E-state index contributed by atoms with van der Waals surface area (Å²) < 4.78 is 15.9. The summed E-state index contributed by atoms with van der Waals surface area (Å²) in [5, 5.41) is 2.93. The Bertz CT molecular complexity index is 793. The maximum atomic E-state index is 12.4. The molecular formula is C19H21ClN2O5. The number of ether oxygens (including phenoxy) is 3. The molecule has 1 aromatic heterocycles.